The molecule has 0 amide bonds. The van der Waals surface area contributed by atoms with Crippen LogP contribution >= 0.6 is 7.82 Å². The van der Waals surface area contributed by atoms with E-state index in [0.29, 0.717) is 6.42 Å². The molecule has 4 nitrogen and oxygen atoms in total. The quantitative estimate of drug-likeness (QED) is 0.395. The molecular weight excluding hydrogens is 292 g/mol. The molecule has 0 aliphatic heterocycles. The third-order valence-electron chi connectivity index (χ3n) is 0.997. The number of hydrogen-bond donors (Lipinski definition) is 0. The smallest absolute Gasteiger partial charge is 0.790 e. The summed E-state index contributed by atoms with van der Waals surface area (Å²) in [5.74, 6) is 0. The first-order valence-corrected chi connectivity index (χ1v) is 4.69. The molecule has 0 rings (SSSR count). The van der Waals surface area contributed by atoms with E-state index in [1.54, 1.807) is 0 Å². The molecule has 0 saturated heterocycles. The molecule has 0 radical (unpaired) electrons. The predicted molar refractivity (Wildman–Crippen MR) is 38.8 cm³/mol. The SMILES string of the molecule is CCCCCOP(=O)([O-])[O-].[Ba+2]. The Morgan fingerprint density at radius 3 is 2.27 bits per heavy atom. The third kappa shape index (κ3) is 14.5. The molecule has 0 bridgehead atoms. The molecule has 0 saturated carbocycles. The van der Waals surface area contributed by atoms with Crippen molar-refractivity contribution < 1.29 is 18.9 Å². The van der Waals surface area contributed by atoms with Gasteiger partial charge in [0, 0.05) is 0 Å². The molecule has 0 spiro atoms. The first-order valence-electron chi connectivity index (χ1n) is 3.23. The number of hydrogen-bond acceptors (Lipinski definition) is 4. The van der Waals surface area contributed by atoms with Crippen LogP contribution in [0.3, 0.4) is 0 Å². The minimum atomic E-state index is -4.71. The molecule has 62 valence electrons. The van der Waals surface area contributed by atoms with Crippen LogP contribution in [0.25, 0.3) is 0 Å². The van der Waals surface area contributed by atoms with Crippen molar-refractivity contribution in [2.75, 3.05) is 6.61 Å². The van der Waals surface area contributed by atoms with Gasteiger partial charge in [0.1, 0.15) is 0 Å². The van der Waals surface area contributed by atoms with E-state index in [1.165, 1.54) is 0 Å². The van der Waals surface area contributed by atoms with Crippen molar-refractivity contribution >= 4 is 56.7 Å². The second kappa shape index (κ2) is 8.29. The molecule has 0 atom stereocenters. The van der Waals surface area contributed by atoms with Gasteiger partial charge in [-0.2, -0.15) is 0 Å². The van der Waals surface area contributed by atoms with Crippen molar-refractivity contribution in [1.82, 2.24) is 0 Å². The Labute approximate surface area is 107 Å². The van der Waals surface area contributed by atoms with Gasteiger partial charge >= 0.3 is 48.9 Å². The van der Waals surface area contributed by atoms with Gasteiger partial charge in [0.05, 0.1) is 14.4 Å². The Hall–Kier alpha value is 1.68. The topological polar surface area (TPSA) is 72.4 Å². The van der Waals surface area contributed by atoms with Gasteiger partial charge in [0.2, 0.25) is 0 Å². The van der Waals surface area contributed by atoms with Gasteiger partial charge in [0.25, 0.3) is 0 Å². The maximum Gasteiger partial charge on any atom is 2.00 e. The van der Waals surface area contributed by atoms with Crippen LogP contribution < -0.4 is 9.79 Å². The minimum absolute atomic E-state index is 0. The van der Waals surface area contributed by atoms with Crippen molar-refractivity contribution in [3.05, 3.63) is 0 Å². The van der Waals surface area contributed by atoms with Crippen molar-refractivity contribution in [2.24, 2.45) is 0 Å². The number of phosphoric ester groups is 1. The standard InChI is InChI=1S/C5H13O4P.Ba/c1-2-3-4-5-9-10(6,7)8;/h2-5H2,1H3,(H2,6,7,8);/q;+2/p-2. The predicted octanol–water partition coefficient (Wildman–Crippen LogP) is -0.359. The van der Waals surface area contributed by atoms with Crippen LogP contribution in [0, 0.1) is 0 Å². The maximum atomic E-state index is 9.84. The van der Waals surface area contributed by atoms with E-state index in [-0.39, 0.29) is 55.5 Å². The minimum Gasteiger partial charge on any atom is -0.790 e. The molecule has 11 heavy (non-hydrogen) atoms. The summed E-state index contributed by atoms with van der Waals surface area (Å²) in [5.41, 5.74) is 0. The van der Waals surface area contributed by atoms with E-state index < -0.39 is 7.82 Å². The Morgan fingerprint density at radius 1 is 1.36 bits per heavy atom. The maximum absolute atomic E-state index is 9.84. The first kappa shape index (κ1) is 15.2. The molecule has 0 unspecified atom stereocenters. The molecule has 0 aliphatic rings. The summed E-state index contributed by atoms with van der Waals surface area (Å²) in [6.45, 7) is 2.01. The normalized spacial score (nSPS) is 10.8. The average molecular weight is 303 g/mol. The molecule has 0 N–H and O–H groups in total. The summed E-state index contributed by atoms with van der Waals surface area (Å²) >= 11 is 0. The largest absolute Gasteiger partial charge is 2.00 e. The van der Waals surface area contributed by atoms with Crippen LogP contribution in [0.2, 0.25) is 0 Å². The Balaban J connectivity index is 0. The van der Waals surface area contributed by atoms with Gasteiger partial charge in [-0.25, -0.2) is 0 Å². The Kier molecular flexibility index (Phi) is 11.4. The van der Waals surface area contributed by atoms with E-state index >= 15 is 0 Å². The molecule has 0 aromatic carbocycles. The van der Waals surface area contributed by atoms with Crippen LogP contribution in [-0.4, -0.2) is 55.5 Å². The van der Waals surface area contributed by atoms with Gasteiger partial charge in [-0.15, -0.1) is 0 Å². The summed E-state index contributed by atoms with van der Waals surface area (Å²) in [6, 6.07) is 0. The fraction of sp³-hybridized carbons (Fsp3) is 1.00. The van der Waals surface area contributed by atoms with Crippen molar-refractivity contribution in [3.63, 3.8) is 0 Å². The molecule has 0 aromatic rings. The Bertz CT molecular complexity index is 124. The van der Waals surface area contributed by atoms with Gasteiger partial charge in [-0.05, 0) is 6.42 Å². The third-order valence-corrected chi connectivity index (χ3v) is 1.50. The van der Waals surface area contributed by atoms with Crippen LogP contribution in [0.1, 0.15) is 26.2 Å². The summed E-state index contributed by atoms with van der Waals surface area (Å²) in [4.78, 5) is 19.7. The fourth-order valence-corrected chi connectivity index (χ4v) is 0.881. The van der Waals surface area contributed by atoms with Crippen molar-refractivity contribution in [3.8, 4) is 0 Å². The van der Waals surface area contributed by atoms with Gasteiger partial charge < -0.3 is 18.9 Å². The zero-order valence-corrected chi connectivity index (χ0v) is 12.0. The van der Waals surface area contributed by atoms with Gasteiger partial charge in [0.15, 0.2) is 0 Å². The summed E-state index contributed by atoms with van der Waals surface area (Å²) in [5, 5.41) is 0. The van der Waals surface area contributed by atoms with Crippen molar-refractivity contribution in [1.29, 1.82) is 0 Å². The fourth-order valence-electron chi connectivity index (χ4n) is 0.528. The van der Waals surface area contributed by atoms with E-state index in [1.807, 2.05) is 6.92 Å². The van der Waals surface area contributed by atoms with Crippen LogP contribution in [0.4, 0.5) is 0 Å². The van der Waals surface area contributed by atoms with Crippen molar-refractivity contribution in [2.45, 2.75) is 26.2 Å². The van der Waals surface area contributed by atoms with E-state index in [9.17, 15) is 14.4 Å². The summed E-state index contributed by atoms with van der Waals surface area (Å²) < 4.78 is 13.8. The molecule has 0 aliphatic carbocycles. The molecular formula is C5H11BaO4P. The summed E-state index contributed by atoms with van der Waals surface area (Å²) in [7, 11) is -4.71. The second-order valence-corrected chi connectivity index (χ2v) is 3.14. The average Bonchev–Trinajstić information content (AvgIpc) is 1.78. The second-order valence-electron chi connectivity index (χ2n) is 1.99. The van der Waals surface area contributed by atoms with Gasteiger partial charge in [-0.1, -0.05) is 19.8 Å². The zero-order chi connectivity index (χ0) is 8.04. The van der Waals surface area contributed by atoms with E-state index in [0.717, 1.165) is 12.8 Å². The number of unbranched alkanes of at least 4 members (excludes halogenated alkanes) is 2. The number of phosphoric acid groups is 1. The monoisotopic (exact) mass is 304 g/mol. The van der Waals surface area contributed by atoms with Crippen LogP contribution in [-0.2, 0) is 9.09 Å². The summed E-state index contributed by atoms with van der Waals surface area (Å²) in [6.07, 6.45) is 2.50. The Morgan fingerprint density at radius 2 is 1.91 bits per heavy atom. The number of rotatable bonds is 5. The van der Waals surface area contributed by atoms with E-state index in [4.69, 9.17) is 0 Å². The zero-order valence-electron chi connectivity index (χ0n) is 6.62. The molecule has 0 fully saturated rings. The molecule has 0 aromatic heterocycles. The van der Waals surface area contributed by atoms with Gasteiger partial charge in [-0.3, -0.25) is 0 Å². The van der Waals surface area contributed by atoms with Crippen LogP contribution in [0.15, 0.2) is 0 Å². The molecule has 0 heterocycles. The first-order chi connectivity index (χ1) is 4.56. The van der Waals surface area contributed by atoms with Crippen LogP contribution in [0.5, 0.6) is 0 Å². The molecule has 6 heteroatoms. The van der Waals surface area contributed by atoms with E-state index in [2.05, 4.69) is 4.52 Å².